The number of para-hydroxylation sites is 1. The minimum Gasteiger partial charge on any atom is -0.451 e. The lowest BCUT2D eigenvalue weighted by atomic mass is 10.1. The minimum atomic E-state index is -1.08. The number of carbonyl (C=O) groups excluding carboxylic acids is 3. The molecule has 9 heteroatoms. The summed E-state index contributed by atoms with van der Waals surface area (Å²) in [5.41, 5.74) is 0.543. The van der Waals surface area contributed by atoms with Crippen LogP contribution in [-0.4, -0.2) is 28.7 Å². The van der Waals surface area contributed by atoms with Crippen molar-refractivity contribution in [2.24, 2.45) is 0 Å². The van der Waals surface area contributed by atoms with Crippen molar-refractivity contribution in [2.45, 2.75) is 13.0 Å². The molecule has 1 atom stereocenters. The molecule has 0 saturated heterocycles. The van der Waals surface area contributed by atoms with Crippen LogP contribution in [0.4, 0.5) is 11.4 Å². The molecule has 3 aromatic carbocycles. The van der Waals surface area contributed by atoms with Crippen LogP contribution >= 0.6 is 11.6 Å². The molecule has 0 heterocycles. The van der Waals surface area contributed by atoms with Crippen molar-refractivity contribution in [1.82, 2.24) is 0 Å². The Bertz CT molecular complexity index is 1190. The van der Waals surface area contributed by atoms with Gasteiger partial charge >= 0.3 is 5.97 Å². The third kappa shape index (κ3) is 5.35. The van der Waals surface area contributed by atoms with Crippen LogP contribution in [0.15, 0.2) is 72.8 Å². The van der Waals surface area contributed by atoms with Gasteiger partial charge in [0.2, 0.25) is 5.78 Å². The molecule has 0 spiro atoms. The van der Waals surface area contributed by atoms with Crippen molar-refractivity contribution in [1.29, 1.82) is 0 Å². The zero-order valence-corrected chi connectivity index (χ0v) is 17.5. The van der Waals surface area contributed by atoms with Gasteiger partial charge < -0.3 is 10.1 Å². The highest BCUT2D eigenvalue weighted by Crippen LogP contribution is 2.20. The van der Waals surface area contributed by atoms with Gasteiger partial charge in [0.05, 0.1) is 16.2 Å². The Labute approximate surface area is 187 Å². The average Bonchev–Trinajstić information content (AvgIpc) is 2.78. The van der Waals surface area contributed by atoms with Gasteiger partial charge in [-0.1, -0.05) is 35.9 Å². The van der Waals surface area contributed by atoms with Crippen LogP contribution in [0.25, 0.3) is 0 Å². The van der Waals surface area contributed by atoms with Gasteiger partial charge in [-0.05, 0) is 43.3 Å². The Balaban J connectivity index is 1.73. The van der Waals surface area contributed by atoms with Crippen molar-refractivity contribution in [3.8, 4) is 0 Å². The number of esters is 1. The number of rotatable bonds is 7. The predicted molar refractivity (Wildman–Crippen MR) is 118 cm³/mol. The maximum atomic E-state index is 12.7. The van der Waals surface area contributed by atoms with Crippen LogP contribution in [0.3, 0.4) is 0 Å². The Kier molecular flexibility index (Phi) is 6.97. The van der Waals surface area contributed by atoms with Crippen molar-refractivity contribution >= 4 is 40.6 Å². The van der Waals surface area contributed by atoms with Gasteiger partial charge in [-0.25, -0.2) is 4.79 Å². The van der Waals surface area contributed by atoms with E-state index in [-0.39, 0.29) is 22.5 Å². The molecule has 32 heavy (non-hydrogen) atoms. The predicted octanol–water partition coefficient (Wildman–Crippen LogP) is 4.93. The number of halogens is 1. The van der Waals surface area contributed by atoms with E-state index >= 15 is 0 Å². The largest absolute Gasteiger partial charge is 0.451 e. The molecular weight excluding hydrogens is 436 g/mol. The number of ketones is 1. The number of nitro groups is 1. The molecule has 3 aromatic rings. The topological polar surface area (TPSA) is 116 Å². The number of Topliss-reactive ketones (excluding diaryl/α,β-unsaturated/α-hetero) is 1. The van der Waals surface area contributed by atoms with E-state index in [1.54, 1.807) is 30.3 Å². The summed E-state index contributed by atoms with van der Waals surface area (Å²) in [6.07, 6.45) is -1.08. The van der Waals surface area contributed by atoms with E-state index in [4.69, 9.17) is 16.3 Å². The lowest BCUT2D eigenvalue weighted by Crippen LogP contribution is -2.25. The number of hydrogen-bond acceptors (Lipinski definition) is 6. The number of nitrogens with one attached hydrogen (secondary N) is 1. The van der Waals surface area contributed by atoms with Gasteiger partial charge in [-0.15, -0.1) is 0 Å². The quantitative estimate of drug-likeness (QED) is 0.235. The first-order valence-electron chi connectivity index (χ1n) is 9.42. The summed E-state index contributed by atoms with van der Waals surface area (Å²) in [4.78, 5) is 47.9. The Hall–Kier alpha value is -4.04. The number of anilines is 1. The number of non-ortho nitro benzene ring substituents is 1. The van der Waals surface area contributed by atoms with Gasteiger partial charge in [-0.3, -0.25) is 19.7 Å². The second kappa shape index (κ2) is 9.84. The molecule has 0 aliphatic heterocycles. The first-order valence-corrected chi connectivity index (χ1v) is 9.79. The number of amides is 1. The zero-order chi connectivity index (χ0) is 23.3. The van der Waals surface area contributed by atoms with Crippen LogP contribution < -0.4 is 5.32 Å². The molecule has 0 fully saturated rings. The van der Waals surface area contributed by atoms with Crippen molar-refractivity contribution in [2.75, 3.05) is 5.32 Å². The minimum absolute atomic E-state index is 0.0495. The molecule has 1 N–H and O–H groups in total. The molecule has 0 saturated carbocycles. The summed E-state index contributed by atoms with van der Waals surface area (Å²) >= 11 is 5.91. The maximum Gasteiger partial charge on any atom is 0.340 e. The molecule has 8 nitrogen and oxygen atoms in total. The lowest BCUT2D eigenvalue weighted by molar-refractivity contribution is -0.384. The maximum absolute atomic E-state index is 12.7. The van der Waals surface area contributed by atoms with Gasteiger partial charge in [0.25, 0.3) is 11.6 Å². The standard InChI is InChI=1S/C23H17ClN2O6/c1-14(21(27)16-5-4-6-17(24)13-16)32-23(29)19-7-2-3-8-20(19)25-22(28)15-9-11-18(12-10-15)26(30)31/h2-14H,1H3,(H,25,28)/t14-/m1/s1. The molecule has 162 valence electrons. The summed E-state index contributed by atoms with van der Waals surface area (Å²) in [7, 11) is 0. The fourth-order valence-corrected chi connectivity index (χ4v) is 3.04. The monoisotopic (exact) mass is 452 g/mol. The van der Waals surface area contributed by atoms with E-state index in [1.807, 2.05) is 0 Å². The molecule has 3 rings (SSSR count). The summed E-state index contributed by atoms with van der Waals surface area (Å²) in [6.45, 7) is 1.44. The van der Waals surface area contributed by atoms with Crippen molar-refractivity contribution in [3.05, 3.63) is 105 Å². The molecule has 0 aliphatic rings. The molecule has 0 unspecified atom stereocenters. The Morgan fingerprint density at radius 2 is 1.66 bits per heavy atom. The van der Waals surface area contributed by atoms with E-state index in [1.165, 1.54) is 49.4 Å². The van der Waals surface area contributed by atoms with Crippen LogP contribution in [0.5, 0.6) is 0 Å². The average molecular weight is 453 g/mol. The summed E-state index contributed by atoms with van der Waals surface area (Å²) in [5.74, 6) is -1.79. The summed E-state index contributed by atoms with van der Waals surface area (Å²) in [6, 6.07) is 17.5. The Morgan fingerprint density at radius 3 is 2.31 bits per heavy atom. The van der Waals surface area contributed by atoms with Gasteiger partial charge in [0.15, 0.2) is 6.10 Å². The third-order valence-electron chi connectivity index (χ3n) is 4.50. The molecular formula is C23H17ClN2O6. The highest BCUT2D eigenvalue weighted by Gasteiger charge is 2.23. The van der Waals surface area contributed by atoms with E-state index in [2.05, 4.69) is 5.32 Å². The highest BCUT2D eigenvalue weighted by atomic mass is 35.5. The van der Waals surface area contributed by atoms with Crippen LogP contribution in [-0.2, 0) is 4.74 Å². The second-order valence-electron chi connectivity index (χ2n) is 6.73. The molecule has 0 aliphatic carbocycles. The fourth-order valence-electron chi connectivity index (χ4n) is 2.85. The first kappa shape index (κ1) is 22.6. The molecule has 1 amide bonds. The van der Waals surface area contributed by atoms with Gasteiger partial charge in [0, 0.05) is 28.3 Å². The summed E-state index contributed by atoms with van der Waals surface area (Å²) in [5, 5.41) is 13.7. The van der Waals surface area contributed by atoms with Crippen LogP contribution in [0.1, 0.15) is 38.0 Å². The van der Waals surface area contributed by atoms with Crippen LogP contribution in [0.2, 0.25) is 5.02 Å². The first-order chi connectivity index (χ1) is 15.3. The third-order valence-corrected chi connectivity index (χ3v) is 4.73. The lowest BCUT2D eigenvalue weighted by Gasteiger charge is -2.15. The second-order valence-corrected chi connectivity index (χ2v) is 7.16. The van der Waals surface area contributed by atoms with E-state index < -0.39 is 28.7 Å². The number of ether oxygens (including phenoxy) is 1. The van der Waals surface area contributed by atoms with E-state index in [0.29, 0.717) is 10.6 Å². The normalized spacial score (nSPS) is 11.3. The number of nitrogens with zero attached hydrogens (tertiary/aromatic N) is 1. The number of benzene rings is 3. The SMILES string of the molecule is C[C@@H](OC(=O)c1ccccc1NC(=O)c1ccc([N+](=O)[O-])cc1)C(=O)c1cccc(Cl)c1. The van der Waals surface area contributed by atoms with Gasteiger partial charge in [0.1, 0.15) is 0 Å². The van der Waals surface area contributed by atoms with E-state index in [0.717, 1.165) is 0 Å². The summed E-state index contributed by atoms with van der Waals surface area (Å²) < 4.78 is 5.30. The van der Waals surface area contributed by atoms with Crippen molar-refractivity contribution < 1.29 is 24.0 Å². The van der Waals surface area contributed by atoms with Gasteiger partial charge in [-0.2, -0.15) is 0 Å². The fraction of sp³-hybridized carbons (Fsp3) is 0.0870. The van der Waals surface area contributed by atoms with E-state index in [9.17, 15) is 24.5 Å². The molecule has 0 bridgehead atoms. The number of hydrogen-bond donors (Lipinski definition) is 1. The molecule has 0 aromatic heterocycles. The zero-order valence-electron chi connectivity index (χ0n) is 16.8. The molecule has 0 radical (unpaired) electrons. The highest BCUT2D eigenvalue weighted by molar-refractivity contribution is 6.31. The van der Waals surface area contributed by atoms with Crippen LogP contribution in [0, 0.1) is 10.1 Å². The number of carbonyl (C=O) groups is 3. The Morgan fingerprint density at radius 1 is 0.969 bits per heavy atom. The number of nitro benzene ring substituents is 1. The van der Waals surface area contributed by atoms with Crippen molar-refractivity contribution in [3.63, 3.8) is 0 Å². The smallest absolute Gasteiger partial charge is 0.340 e.